The highest BCUT2D eigenvalue weighted by Crippen LogP contribution is 2.31. The number of hydrogen-bond donors (Lipinski definition) is 0. The van der Waals surface area contributed by atoms with Gasteiger partial charge in [0.2, 0.25) is 0 Å². The second kappa shape index (κ2) is 5.54. The van der Waals surface area contributed by atoms with Crippen LogP contribution in [0.3, 0.4) is 0 Å². The van der Waals surface area contributed by atoms with Crippen molar-refractivity contribution in [3.05, 3.63) is 82.6 Å². The van der Waals surface area contributed by atoms with E-state index in [-0.39, 0.29) is 0 Å². The lowest BCUT2D eigenvalue weighted by atomic mass is 9.89. The first kappa shape index (κ1) is 12.4. The van der Waals surface area contributed by atoms with Gasteiger partial charge in [0.25, 0.3) is 0 Å². The van der Waals surface area contributed by atoms with Crippen LogP contribution < -0.4 is 0 Å². The number of hydrogen-bond acceptors (Lipinski definition) is 1. The van der Waals surface area contributed by atoms with Crippen molar-refractivity contribution < 1.29 is 0 Å². The summed E-state index contributed by atoms with van der Waals surface area (Å²) in [5.41, 5.74) is 3.89. The summed E-state index contributed by atoms with van der Waals surface area (Å²) in [7, 11) is 0. The van der Waals surface area contributed by atoms with Crippen LogP contribution in [0.25, 0.3) is 5.57 Å². The molecule has 0 aliphatic heterocycles. The molecule has 0 saturated carbocycles. The molecule has 2 heteroatoms. The van der Waals surface area contributed by atoms with Crippen LogP contribution in [0.1, 0.15) is 23.5 Å². The first-order chi connectivity index (χ1) is 9.33. The Hall–Kier alpha value is -1.67. The van der Waals surface area contributed by atoms with E-state index in [0.29, 0.717) is 5.92 Å². The van der Waals surface area contributed by atoms with Crippen molar-refractivity contribution in [3.63, 3.8) is 0 Å². The van der Waals surface area contributed by atoms with E-state index < -0.39 is 0 Å². The predicted octanol–water partition coefficient (Wildman–Crippen LogP) is 4.97. The standard InChI is InChI=1S/C17H14BrN/c18-17-8-6-13(7-9-17)14-3-1-4-15(11-14)16-5-2-10-19-12-16/h1-3,5-12,14H,4H2. The van der Waals surface area contributed by atoms with Crippen LogP contribution in [0.5, 0.6) is 0 Å². The van der Waals surface area contributed by atoms with Crippen molar-refractivity contribution >= 4 is 21.5 Å². The van der Waals surface area contributed by atoms with E-state index in [1.54, 1.807) is 0 Å². The second-order valence-corrected chi connectivity index (χ2v) is 5.56. The summed E-state index contributed by atoms with van der Waals surface area (Å²) < 4.78 is 1.12. The highest BCUT2D eigenvalue weighted by Gasteiger charge is 2.11. The van der Waals surface area contributed by atoms with Gasteiger partial charge in [-0.05, 0) is 41.3 Å². The average molecular weight is 312 g/mol. The van der Waals surface area contributed by atoms with Gasteiger partial charge in [-0.2, -0.15) is 0 Å². The summed E-state index contributed by atoms with van der Waals surface area (Å²) in [4.78, 5) is 4.20. The van der Waals surface area contributed by atoms with E-state index in [9.17, 15) is 0 Å². The molecule has 1 aromatic heterocycles. The number of allylic oxidation sites excluding steroid dienone is 4. The smallest absolute Gasteiger partial charge is 0.0343 e. The number of rotatable bonds is 2. The topological polar surface area (TPSA) is 12.9 Å². The van der Waals surface area contributed by atoms with E-state index in [1.165, 1.54) is 16.7 Å². The lowest BCUT2D eigenvalue weighted by Gasteiger charge is -2.16. The summed E-state index contributed by atoms with van der Waals surface area (Å²) in [5.74, 6) is 0.358. The Bertz CT molecular complexity index is 611. The molecule has 3 rings (SSSR count). The molecule has 2 aromatic rings. The number of pyridine rings is 1. The van der Waals surface area contributed by atoms with Crippen molar-refractivity contribution in [3.8, 4) is 0 Å². The maximum atomic E-state index is 4.20. The van der Waals surface area contributed by atoms with Crippen molar-refractivity contribution in [2.24, 2.45) is 0 Å². The van der Waals surface area contributed by atoms with Gasteiger partial charge >= 0.3 is 0 Å². The SMILES string of the molecule is Brc1ccc(C2C=CCC(c3cccnc3)=C2)cc1. The van der Waals surface area contributed by atoms with Crippen LogP contribution in [0.2, 0.25) is 0 Å². The summed E-state index contributed by atoms with van der Waals surface area (Å²) in [6.07, 6.45) is 11.6. The van der Waals surface area contributed by atoms with Gasteiger partial charge in [-0.3, -0.25) is 4.98 Å². The second-order valence-electron chi connectivity index (χ2n) is 4.64. The quantitative estimate of drug-likeness (QED) is 0.713. The molecule has 1 nitrogen and oxygen atoms in total. The first-order valence-electron chi connectivity index (χ1n) is 6.36. The summed E-state index contributed by atoms with van der Waals surface area (Å²) in [6.45, 7) is 0. The summed E-state index contributed by atoms with van der Waals surface area (Å²) in [5, 5.41) is 0. The van der Waals surface area contributed by atoms with Gasteiger partial charge in [-0.25, -0.2) is 0 Å². The van der Waals surface area contributed by atoms with Crippen LogP contribution in [0.4, 0.5) is 0 Å². The molecule has 0 bridgehead atoms. The van der Waals surface area contributed by atoms with Crippen LogP contribution in [-0.4, -0.2) is 4.98 Å². The fourth-order valence-electron chi connectivity index (χ4n) is 2.34. The average Bonchev–Trinajstić information content (AvgIpc) is 2.49. The third-order valence-electron chi connectivity index (χ3n) is 3.35. The van der Waals surface area contributed by atoms with Crippen LogP contribution in [0, 0.1) is 0 Å². The molecular weight excluding hydrogens is 298 g/mol. The number of nitrogens with zero attached hydrogens (tertiary/aromatic N) is 1. The van der Waals surface area contributed by atoms with Gasteiger partial charge in [0.05, 0.1) is 0 Å². The molecule has 0 fully saturated rings. The molecule has 1 aliphatic rings. The highest BCUT2D eigenvalue weighted by molar-refractivity contribution is 9.10. The monoisotopic (exact) mass is 311 g/mol. The molecular formula is C17H14BrN. The van der Waals surface area contributed by atoms with E-state index in [2.05, 4.69) is 69.5 Å². The zero-order chi connectivity index (χ0) is 13.1. The van der Waals surface area contributed by atoms with Gasteiger partial charge in [0.1, 0.15) is 0 Å². The molecule has 0 saturated heterocycles. The van der Waals surface area contributed by atoms with Gasteiger partial charge in [-0.1, -0.05) is 52.4 Å². The van der Waals surface area contributed by atoms with Crippen molar-refractivity contribution in [2.75, 3.05) is 0 Å². The first-order valence-corrected chi connectivity index (χ1v) is 7.15. The Balaban J connectivity index is 1.91. The van der Waals surface area contributed by atoms with E-state index in [1.807, 2.05) is 18.5 Å². The van der Waals surface area contributed by atoms with Gasteiger partial charge in [0.15, 0.2) is 0 Å². The normalized spacial score (nSPS) is 18.2. The van der Waals surface area contributed by atoms with Crippen LogP contribution in [0.15, 0.2) is 71.5 Å². The zero-order valence-corrected chi connectivity index (χ0v) is 12.0. The minimum absolute atomic E-state index is 0.358. The molecule has 1 aromatic carbocycles. The number of aromatic nitrogens is 1. The van der Waals surface area contributed by atoms with Crippen LogP contribution >= 0.6 is 15.9 Å². The van der Waals surface area contributed by atoms with Crippen molar-refractivity contribution in [2.45, 2.75) is 12.3 Å². The molecule has 0 amide bonds. The van der Waals surface area contributed by atoms with Gasteiger partial charge in [-0.15, -0.1) is 0 Å². The van der Waals surface area contributed by atoms with E-state index in [0.717, 1.165) is 10.9 Å². The number of benzene rings is 1. The molecule has 1 heterocycles. The Morgan fingerprint density at radius 2 is 1.95 bits per heavy atom. The molecule has 1 aliphatic carbocycles. The Kier molecular flexibility index (Phi) is 3.60. The fourth-order valence-corrected chi connectivity index (χ4v) is 2.61. The summed E-state index contributed by atoms with van der Waals surface area (Å²) in [6, 6.07) is 12.6. The Morgan fingerprint density at radius 3 is 2.68 bits per heavy atom. The minimum atomic E-state index is 0.358. The Morgan fingerprint density at radius 1 is 1.11 bits per heavy atom. The predicted molar refractivity (Wildman–Crippen MR) is 82.9 cm³/mol. The maximum absolute atomic E-state index is 4.20. The van der Waals surface area contributed by atoms with E-state index in [4.69, 9.17) is 0 Å². The zero-order valence-electron chi connectivity index (χ0n) is 10.5. The molecule has 94 valence electrons. The third-order valence-corrected chi connectivity index (χ3v) is 3.88. The Labute approximate surface area is 121 Å². The largest absolute Gasteiger partial charge is 0.264 e. The van der Waals surface area contributed by atoms with E-state index >= 15 is 0 Å². The molecule has 19 heavy (non-hydrogen) atoms. The van der Waals surface area contributed by atoms with Crippen molar-refractivity contribution in [1.29, 1.82) is 0 Å². The molecule has 0 spiro atoms. The lowest BCUT2D eigenvalue weighted by Crippen LogP contribution is -1.98. The number of halogens is 1. The summed E-state index contributed by atoms with van der Waals surface area (Å²) >= 11 is 3.48. The van der Waals surface area contributed by atoms with Gasteiger partial charge in [0, 0.05) is 22.8 Å². The molecule has 0 N–H and O–H groups in total. The molecule has 1 unspecified atom stereocenters. The lowest BCUT2D eigenvalue weighted by molar-refractivity contribution is 1.04. The molecule has 1 atom stereocenters. The van der Waals surface area contributed by atoms with Crippen molar-refractivity contribution in [1.82, 2.24) is 4.98 Å². The fraction of sp³-hybridized carbons (Fsp3) is 0.118. The maximum Gasteiger partial charge on any atom is 0.0343 e. The molecule has 0 radical (unpaired) electrons. The minimum Gasteiger partial charge on any atom is -0.264 e. The highest BCUT2D eigenvalue weighted by atomic mass is 79.9. The van der Waals surface area contributed by atoms with Crippen LogP contribution in [-0.2, 0) is 0 Å². The third kappa shape index (κ3) is 2.85. The van der Waals surface area contributed by atoms with Gasteiger partial charge < -0.3 is 0 Å².